The molecule has 4 nitrogen and oxygen atoms in total. The fourth-order valence-corrected chi connectivity index (χ4v) is 1.05. The minimum atomic E-state index is -0.667. The largest absolute Gasteiger partial charge is 0.394 e. The summed E-state index contributed by atoms with van der Waals surface area (Å²) in [7, 11) is 0. The molecule has 0 aromatic rings. The number of hydrogen-bond acceptors (Lipinski definition) is 4. The van der Waals surface area contributed by atoms with Crippen LogP contribution in [0, 0.1) is 0 Å². The van der Waals surface area contributed by atoms with Gasteiger partial charge in [-0.1, -0.05) is 6.58 Å². The van der Waals surface area contributed by atoms with Gasteiger partial charge in [0.25, 0.3) is 0 Å². The summed E-state index contributed by atoms with van der Waals surface area (Å²) < 4.78 is 0. The van der Waals surface area contributed by atoms with Gasteiger partial charge in [0, 0.05) is 18.9 Å². The van der Waals surface area contributed by atoms with E-state index in [0.717, 1.165) is 0 Å². The van der Waals surface area contributed by atoms with Crippen molar-refractivity contribution in [2.75, 3.05) is 19.8 Å². The molecule has 0 saturated carbocycles. The van der Waals surface area contributed by atoms with Crippen molar-refractivity contribution in [3.63, 3.8) is 0 Å². The number of rotatable bonds is 4. The molecule has 0 fully saturated rings. The predicted molar refractivity (Wildman–Crippen MR) is 45.8 cm³/mol. The first-order valence-electron chi connectivity index (χ1n) is 3.86. The van der Waals surface area contributed by atoms with E-state index in [4.69, 9.17) is 10.2 Å². The van der Waals surface area contributed by atoms with Gasteiger partial charge in [-0.2, -0.15) is 0 Å². The summed E-state index contributed by atoms with van der Waals surface area (Å²) in [6.07, 6.45) is 4.78. The molecular formula is C8H14N2O2. The standard InChI is InChI=1S/C8H14N2O2/c1-2-9-3-4-10(7-9)5-8(12)6-11/h2-4,8,11-12H,1,5-7H2. The molecule has 68 valence electrons. The van der Waals surface area contributed by atoms with E-state index in [1.807, 2.05) is 22.2 Å². The highest BCUT2D eigenvalue weighted by molar-refractivity contribution is 4.95. The first-order valence-corrected chi connectivity index (χ1v) is 3.86. The Morgan fingerprint density at radius 1 is 1.58 bits per heavy atom. The highest BCUT2D eigenvalue weighted by Crippen LogP contribution is 2.06. The summed E-state index contributed by atoms with van der Waals surface area (Å²) in [4.78, 5) is 3.80. The highest BCUT2D eigenvalue weighted by Gasteiger charge is 2.12. The summed E-state index contributed by atoms with van der Waals surface area (Å²) >= 11 is 0. The van der Waals surface area contributed by atoms with E-state index in [-0.39, 0.29) is 6.61 Å². The second kappa shape index (κ2) is 4.13. The number of aliphatic hydroxyl groups is 2. The van der Waals surface area contributed by atoms with Crippen molar-refractivity contribution >= 4 is 0 Å². The molecular weight excluding hydrogens is 156 g/mol. The fourth-order valence-electron chi connectivity index (χ4n) is 1.05. The van der Waals surface area contributed by atoms with E-state index in [1.165, 1.54) is 0 Å². The van der Waals surface area contributed by atoms with Gasteiger partial charge in [-0.15, -0.1) is 0 Å². The topological polar surface area (TPSA) is 46.9 Å². The van der Waals surface area contributed by atoms with E-state index in [9.17, 15) is 0 Å². The molecule has 1 aliphatic heterocycles. The third-order valence-corrected chi connectivity index (χ3v) is 1.70. The van der Waals surface area contributed by atoms with Crippen LogP contribution < -0.4 is 0 Å². The van der Waals surface area contributed by atoms with Gasteiger partial charge >= 0.3 is 0 Å². The van der Waals surface area contributed by atoms with E-state index in [2.05, 4.69) is 6.58 Å². The average molecular weight is 170 g/mol. The third-order valence-electron chi connectivity index (χ3n) is 1.70. The van der Waals surface area contributed by atoms with Crippen LogP contribution in [0.5, 0.6) is 0 Å². The van der Waals surface area contributed by atoms with Crippen molar-refractivity contribution < 1.29 is 10.2 Å². The molecule has 0 aromatic heterocycles. The lowest BCUT2D eigenvalue weighted by molar-refractivity contribution is 0.0691. The van der Waals surface area contributed by atoms with Crippen LogP contribution in [0.25, 0.3) is 0 Å². The smallest absolute Gasteiger partial charge is 0.0945 e. The van der Waals surface area contributed by atoms with Crippen LogP contribution >= 0.6 is 0 Å². The molecule has 12 heavy (non-hydrogen) atoms. The summed E-state index contributed by atoms with van der Waals surface area (Å²) in [6.45, 7) is 4.57. The van der Waals surface area contributed by atoms with Crippen LogP contribution in [0.2, 0.25) is 0 Å². The molecule has 2 N–H and O–H groups in total. The second-order valence-electron chi connectivity index (χ2n) is 2.74. The summed E-state index contributed by atoms with van der Waals surface area (Å²) in [6, 6.07) is 0. The maximum atomic E-state index is 9.11. The van der Waals surface area contributed by atoms with Crippen LogP contribution in [-0.2, 0) is 0 Å². The Kier molecular flexibility index (Phi) is 3.13. The lowest BCUT2D eigenvalue weighted by Gasteiger charge is -2.20. The van der Waals surface area contributed by atoms with Gasteiger partial charge in [0.2, 0.25) is 0 Å². The number of nitrogens with zero attached hydrogens (tertiary/aromatic N) is 2. The van der Waals surface area contributed by atoms with E-state index in [1.54, 1.807) is 6.20 Å². The molecule has 1 atom stereocenters. The van der Waals surface area contributed by atoms with Crippen molar-refractivity contribution in [2.24, 2.45) is 0 Å². The summed E-state index contributed by atoms with van der Waals surface area (Å²) in [5.41, 5.74) is 0. The monoisotopic (exact) mass is 170 g/mol. The van der Waals surface area contributed by atoms with Gasteiger partial charge in [0.05, 0.1) is 19.4 Å². The lowest BCUT2D eigenvalue weighted by Crippen LogP contribution is -2.32. The summed E-state index contributed by atoms with van der Waals surface area (Å²) in [5, 5.41) is 17.7. The SMILES string of the molecule is C=CN1C=CN(CC(O)CO)C1. The summed E-state index contributed by atoms with van der Waals surface area (Å²) in [5.74, 6) is 0. The Balaban J connectivity index is 2.29. The zero-order chi connectivity index (χ0) is 8.97. The second-order valence-corrected chi connectivity index (χ2v) is 2.74. The Morgan fingerprint density at radius 3 is 2.83 bits per heavy atom. The molecule has 0 aliphatic carbocycles. The Labute approximate surface area is 72.0 Å². The van der Waals surface area contributed by atoms with E-state index < -0.39 is 6.10 Å². The third kappa shape index (κ3) is 2.25. The Hall–Kier alpha value is -1.00. The molecule has 0 radical (unpaired) electrons. The van der Waals surface area contributed by atoms with Crippen LogP contribution in [0.4, 0.5) is 0 Å². The molecule has 0 saturated heterocycles. The normalized spacial score (nSPS) is 18.5. The van der Waals surface area contributed by atoms with Gasteiger partial charge in [0.1, 0.15) is 0 Å². The van der Waals surface area contributed by atoms with Crippen LogP contribution in [0.1, 0.15) is 0 Å². The number of aliphatic hydroxyl groups excluding tert-OH is 2. The highest BCUT2D eigenvalue weighted by atomic mass is 16.3. The van der Waals surface area contributed by atoms with Crippen LogP contribution in [0.15, 0.2) is 25.2 Å². The van der Waals surface area contributed by atoms with Gasteiger partial charge in [0.15, 0.2) is 0 Å². The lowest BCUT2D eigenvalue weighted by atomic mass is 10.3. The van der Waals surface area contributed by atoms with Gasteiger partial charge in [-0.3, -0.25) is 0 Å². The maximum absolute atomic E-state index is 9.11. The zero-order valence-electron chi connectivity index (χ0n) is 6.93. The molecule has 0 aromatic carbocycles. The average Bonchev–Trinajstić information content (AvgIpc) is 2.52. The van der Waals surface area contributed by atoms with Crippen molar-refractivity contribution in [3.05, 3.63) is 25.2 Å². The quantitative estimate of drug-likeness (QED) is 0.599. The first-order chi connectivity index (χ1) is 5.76. The van der Waals surface area contributed by atoms with E-state index >= 15 is 0 Å². The molecule has 0 spiro atoms. The molecule has 1 aliphatic rings. The molecule has 1 heterocycles. The number of hydrogen-bond donors (Lipinski definition) is 2. The minimum absolute atomic E-state index is 0.196. The number of β-amino-alcohol motifs (C(OH)–C–C–N with tert-alkyl or cyclic N) is 1. The van der Waals surface area contributed by atoms with Gasteiger partial charge in [-0.05, 0) is 6.20 Å². The molecule has 0 bridgehead atoms. The van der Waals surface area contributed by atoms with Gasteiger partial charge < -0.3 is 20.0 Å². The van der Waals surface area contributed by atoms with Gasteiger partial charge in [-0.25, -0.2) is 0 Å². The molecule has 4 heteroatoms. The Bertz CT molecular complexity index is 182. The maximum Gasteiger partial charge on any atom is 0.0945 e. The Morgan fingerprint density at radius 2 is 2.33 bits per heavy atom. The molecule has 1 unspecified atom stereocenters. The van der Waals surface area contributed by atoms with Crippen molar-refractivity contribution in [1.82, 2.24) is 9.80 Å². The fraction of sp³-hybridized carbons (Fsp3) is 0.500. The first kappa shape index (κ1) is 9.09. The van der Waals surface area contributed by atoms with Crippen LogP contribution in [0.3, 0.4) is 0 Å². The van der Waals surface area contributed by atoms with Crippen molar-refractivity contribution in [1.29, 1.82) is 0 Å². The predicted octanol–water partition coefficient (Wildman–Crippen LogP) is -0.471. The minimum Gasteiger partial charge on any atom is -0.394 e. The molecule has 1 rings (SSSR count). The van der Waals surface area contributed by atoms with Crippen molar-refractivity contribution in [3.8, 4) is 0 Å². The molecule has 0 amide bonds. The zero-order valence-corrected chi connectivity index (χ0v) is 6.93. The van der Waals surface area contributed by atoms with Crippen LogP contribution in [-0.4, -0.2) is 45.9 Å². The van der Waals surface area contributed by atoms with E-state index in [0.29, 0.717) is 13.2 Å². The van der Waals surface area contributed by atoms with Crippen molar-refractivity contribution in [2.45, 2.75) is 6.10 Å².